The Morgan fingerprint density at radius 3 is 2.38 bits per heavy atom. The molecule has 0 bridgehead atoms. The van der Waals surface area contributed by atoms with Gasteiger partial charge in [-0.15, -0.1) is 0 Å². The number of nitrogens with zero attached hydrogens (tertiary/aromatic N) is 3. The Kier molecular flexibility index (Phi) is 4.53. The van der Waals surface area contributed by atoms with Crippen LogP contribution in [0.25, 0.3) is 0 Å². The SMILES string of the molecule is Cc1ccc(N(C)CC(O)Cn2nc(C)c(N)c2C)cc1. The van der Waals surface area contributed by atoms with Crippen molar-refractivity contribution in [2.45, 2.75) is 33.4 Å². The van der Waals surface area contributed by atoms with Gasteiger partial charge in [-0.1, -0.05) is 17.7 Å². The van der Waals surface area contributed by atoms with E-state index in [1.807, 2.05) is 25.8 Å². The minimum Gasteiger partial charge on any atom is -0.396 e. The number of aromatic nitrogens is 2. The monoisotopic (exact) mass is 288 g/mol. The van der Waals surface area contributed by atoms with Crippen LogP contribution in [0.15, 0.2) is 24.3 Å². The van der Waals surface area contributed by atoms with Gasteiger partial charge in [-0.3, -0.25) is 4.68 Å². The van der Waals surface area contributed by atoms with E-state index in [0.29, 0.717) is 18.8 Å². The van der Waals surface area contributed by atoms with Crippen molar-refractivity contribution in [3.63, 3.8) is 0 Å². The molecular formula is C16H24N4O. The van der Waals surface area contributed by atoms with Crippen molar-refractivity contribution in [3.8, 4) is 0 Å². The number of hydrogen-bond acceptors (Lipinski definition) is 4. The number of hydrogen-bond donors (Lipinski definition) is 2. The Morgan fingerprint density at radius 2 is 1.86 bits per heavy atom. The van der Waals surface area contributed by atoms with Crippen LogP contribution in [-0.2, 0) is 6.54 Å². The summed E-state index contributed by atoms with van der Waals surface area (Å²) in [4.78, 5) is 2.04. The van der Waals surface area contributed by atoms with E-state index in [0.717, 1.165) is 17.1 Å². The first-order valence-electron chi connectivity index (χ1n) is 7.14. The Bertz CT molecular complexity index is 603. The van der Waals surface area contributed by atoms with Crippen molar-refractivity contribution >= 4 is 11.4 Å². The smallest absolute Gasteiger partial charge is 0.0910 e. The zero-order valence-corrected chi connectivity index (χ0v) is 13.2. The largest absolute Gasteiger partial charge is 0.396 e. The van der Waals surface area contributed by atoms with Gasteiger partial charge in [0.2, 0.25) is 0 Å². The Morgan fingerprint density at radius 1 is 1.24 bits per heavy atom. The number of aryl methyl sites for hydroxylation is 2. The molecule has 21 heavy (non-hydrogen) atoms. The van der Waals surface area contributed by atoms with Gasteiger partial charge >= 0.3 is 0 Å². The number of benzene rings is 1. The molecule has 0 amide bonds. The third-order valence-electron chi connectivity index (χ3n) is 3.78. The van der Waals surface area contributed by atoms with Crippen molar-refractivity contribution in [1.29, 1.82) is 0 Å². The normalized spacial score (nSPS) is 12.4. The Balaban J connectivity index is 1.99. The van der Waals surface area contributed by atoms with Gasteiger partial charge in [0.05, 0.1) is 29.7 Å². The highest BCUT2D eigenvalue weighted by molar-refractivity contribution is 5.47. The molecule has 1 unspecified atom stereocenters. The maximum Gasteiger partial charge on any atom is 0.0910 e. The molecule has 5 heteroatoms. The molecule has 0 radical (unpaired) electrons. The number of likely N-dealkylation sites (N-methyl/N-ethyl adjacent to an activating group) is 1. The van der Waals surface area contributed by atoms with Crippen LogP contribution in [0.2, 0.25) is 0 Å². The molecule has 0 fully saturated rings. The summed E-state index contributed by atoms with van der Waals surface area (Å²) in [5.41, 5.74) is 10.6. The van der Waals surface area contributed by atoms with Crippen LogP contribution in [0.5, 0.6) is 0 Å². The molecule has 0 aliphatic carbocycles. The maximum absolute atomic E-state index is 10.3. The average Bonchev–Trinajstić information content (AvgIpc) is 2.67. The molecule has 0 aliphatic rings. The van der Waals surface area contributed by atoms with Crippen molar-refractivity contribution in [2.24, 2.45) is 0 Å². The molecule has 5 nitrogen and oxygen atoms in total. The fourth-order valence-electron chi connectivity index (χ4n) is 2.37. The highest BCUT2D eigenvalue weighted by atomic mass is 16.3. The molecule has 0 aliphatic heterocycles. The summed E-state index contributed by atoms with van der Waals surface area (Å²) in [5, 5.41) is 14.6. The zero-order chi connectivity index (χ0) is 15.6. The number of anilines is 2. The minimum atomic E-state index is -0.506. The highest BCUT2D eigenvalue weighted by Crippen LogP contribution is 2.16. The second kappa shape index (κ2) is 6.18. The number of rotatable bonds is 5. The van der Waals surface area contributed by atoms with Crippen molar-refractivity contribution < 1.29 is 5.11 Å². The van der Waals surface area contributed by atoms with E-state index in [-0.39, 0.29) is 0 Å². The number of nitrogen functional groups attached to an aromatic ring is 1. The Hall–Kier alpha value is -2.01. The standard InChI is InChI=1S/C16H24N4O/c1-11-5-7-14(8-6-11)19(4)9-15(21)10-20-13(3)16(17)12(2)18-20/h5-8,15,21H,9-10,17H2,1-4H3. The molecule has 1 heterocycles. The van der Waals surface area contributed by atoms with Gasteiger partial charge in [0.25, 0.3) is 0 Å². The van der Waals surface area contributed by atoms with Crippen LogP contribution in [0.1, 0.15) is 17.0 Å². The summed E-state index contributed by atoms with van der Waals surface area (Å²) in [6.45, 7) is 6.85. The number of aliphatic hydroxyl groups is 1. The summed E-state index contributed by atoms with van der Waals surface area (Å²) < 4.78 is 1.78. The molecule has 0 saturated carbocycles. The van der Waals surface area contributed by atoms with Crippen LogP contribution < -0.4 is 10.6 Å². The summed E-state index contributed by atoms with van der Waals surface area (Å²) in [7, 11) is 1.98. The van der Waals surface area contributed by atoms with Gasteiger partial charge in [0.15, 0.2) is 0 Å². The molecular weight excluding hydrogens is 264 g/mol. The third-order valence-corrected chi connectivity index (χ3v) is 3.78. The lowest BCUT2D eigenvalue weighted by Gasteiger charge is -2.23. The average molecular weight is 288 g/mol. The summed E-state index contributed by atoms with van der Waals surface area (Å²) in [6, 6.07) is 8.26. The van der Waals surface area contributed by atoms with Crippen molar-refractivity contribution in [3.05, 3.63) is 41.2 Å². The van der Waals surface area contributed by atoms with E-state index >= 15 is 0 Å². The lowest BCUT2D eigenvalue weighted by atomic mass is 10.2. The van der Waals surface area contributed by atoms with E-state index in [1.54, 1.807) is 4.68 Å². The first kappa shape index (κ1) is 15.4. The summed E-state index contributed by atoms with van der Waals surface area (Å²) >= 11 is 0. The quantitative estimate of drug-likeness (QED) is 0.881. The topological polar surface area (TPSA) is 67.3 Å². The van der Waals surface area contributed by atoms with Crippen LogP contribution >= 0.6 is 0 Å². The minimum absolute atomic E-state index is 0.445. The molecule has 114 valence electrons. The second-order valence-corrected chi connectivity index (χ2v) is 5.64. The van der Waals surface area contributed by atoms with E-state index in [1.165, 1.54) is 5.56 Å². The van der Waals surface area contributed by atoms with Crippen LogP contribution in [0.3, 0.4) is 0 Å². The molecule has 3 N–H and O–H groups in total. The first-order valence-corrected chi connectivity index (χ1v) is 7.14. The summed E-state index contributed by atoms with van der Waals surface area (Å²) in [5.74, 6) is 0. The van der Waals surface area contributed by atoms with E-state index in [2.05, 4.69) is 36.3 Å². The lowest BCUT2D eigenvalue weighted by molar-refractivity contribution is 0.155. The van der Waals surface area contributed by atoms with Gasteiger partial charge in [-0.05, 0) is 32.9 Å². The molecule has 0 spiro atoms. The van der Waals surface area contributed by atoms with Gasteiger partial charge in [0.1, 0.15) is 0 Å². The fourth-order valence-corrected chi connectivity index (χ4v) is 2.37. The van der Waals surface area contributed by atoms with Gasteiger partial charge < -0.3 is 15.7 Å². The van der Waals surface area contributed by atoms with Gasteiger partial charge in [-0.2, -0.15) is 5.10 Å². The summed E-state index contributed by atoms with van der Waals surface area (Å²) in [6.07, 6.45) is -0.506. The van der Waals surface area contributed by atoms with E-state index in [9.17, 15) is 5.11 Å². The van der Waals surface area contributed by atoms with Gasteiger partial charge in [-0.25, -0.2) is 0 Å². The first-order chi connectivity index (χ1) is 9.88. The Labute approximate surface area is 126 Å². The molecule has 1 aromatic carbocycles. The molecule has 2 rings (SSSR count). The molecule has 0 saturated heterocycles. The van der Waals surface area contributed by atoms with E-state index < -0.39 is 6.10 Å². The molecule has 1 atom stereocenters. The highest BCUT2D eigenvalue weighted by Gasteiger charge is 2.14. The maximum atomic E-state index is 10.3. The van der Waals surface area contributed by atoms with Crippen LogP contribution in [0.4, 0.5) is 11.4 Å². The van der Waals surface area contributed by atoms with Crippen molar-refractivity contribution in [1.82, 2.24) is 9.78 Å². The number of nitrogens with two attached hydrogens (primary N) is 1. The fraction of sp³-hybridized carbons (Fsp3) is 0.438. The van der Waals surface area contributed by atoms with Crippen LogP contribution in [-0.4, -0.2) is 34.6 Å². The molecule has 2 aromatic rings. The van der Waals surface area contributed by atoms with Crippen LogP contribution in [0, 0.1) is 20.8 Å². The van der Waals surface area contributed by atoms with Gasteiger partial charge in [0, 0.05) is 19.3 Å². The predicted octanol–water partition coefficient (Wildman–Crippen LogP) is 1.89. The number of aliphatic hydroxyl groups excluding tert-OH is 1. The predicted molar refractivity (Wildman–Crippen MR) is 86.6 cm³/mol. The van der Waals surface area contributed by atoms with Crippen molar-refractivity contribution in [2.75, 3.05) is 24.2 Å². The lowest BCUT2D eigenvalue weighted by Crippen LogP contribution is -2.32. The molecule has 1 aromatic heterocycles. The van der Waals surface area contributed by atoms with E-state index in [4.69, 9.17) is 5.73 Å². The second-order valence-electron chi connectivity index (χ2n) is 5.64. The third kappa shape index (κ3) is 3.55. The zero-order valence-electron chi connectivity index (χ0n) is 13.2.